The van der Waals surface area contributed by atoms with E-state index in [1.54, 1.807) is 0 Å². The second kappa shape index (κ2) is 5.89. The Kier molecular flexibility index (Phi) is 3.93. The van der Waals surface area contributed by atoms with E-state index in [0.717, 1.165) is 25.8 Å². The summed E-state index contributed by atoms with van der Waals surface area (Å²) < 4.78 is 0. The summed E-state index contributed by atoms with van der Waals surface area (Å²) in [7, 11) is 0. The molecule has 3 nitrogen and oxygen atoms in total. The Balaban J connectivity index is 1.37. The minimum absolute atomic E-state index is 0.332. The third-order valence-corrected chi connectivity index (χ3v) is 6.25. The summed E-state index contributed by atoms with van der Waals surface area (Å²) >= 11 is 0. The van der Waals surface area contributed by atoms with Crippen LogP contribution in [0.15, 0.2) is 30.5 Å². The molecule has 2 bridgehead atoms. The van der Waals surface area contributed by atoms with Crippen molar-refractivity contribution in [3.05, 3.63) is 36.0 Å². The molecule has 1 saturated carbocycles. The van der Waals surface area contributed by atoms with Crippen LogP contribution in [-0.4, -0.2) is 28.4 Å². The van der Waals surface area contributed by atoms with E-state index in [1.165, 1.54) is 29.3 Å². The number of fused-ring (bicyclic) bond motifs is 3. The number of nitrogens with zero attached hydrogens (tertiary/aromatic N) is 1. The predicted molar refractivity (Wildman–Crippen MR) is 102 cm³/mol. The molecule has 1 aliphatic carbocycles. The van der Waals surface area contributed by atoms with Crippen LogP contribution in [0.25, 0.3) is 10.9 Å². The number of likely N-dealkylation sites (tertiary alicyclic amines) is 1. The third kappa shape index (κ3) is 3.21. The molecule has 2 fully saturated rings. The van der Waals surface area contributed by atoms with Gasteiger partial charge in [0.15, 0.2) is 0 Å². The Hall–Kier alpha value is -1.77. The van der Waals surface area contributed by atoms with E-state index in [2.05, 4.69) is 61.1 Å². The third-order valence-electron chi connectivity index (χ3n) is 6.25. The van der Waals surface area contributed by atoms with Gasteiger partial charge < -0.3 is 9.88 Å². The zero-order valence-corrected chi connectivity index (χ0v) is 15.8. The van der Waals surface area contributed by atoms with Crippen LogP contribution in [0.3, 0.4) is 0 Å². The number of benzene rings is 1. The van der Waals surface area contributed by atoms with Crippen LogP contribution in [0.2, 0.25) is 0 Å². The number of para-hydroxylation sites is 1. The SMILES string of the molecule is CC1(C)CC2CC(C)(CN2C(=O)CCCc2c[nH]c3ccccc23)C1. The number of hydrogen-bond acceptors (Lipinski definition) is 1. The van der Waals surface area contributed by atoms with Crippen LogP contribution in [0.1, 0.15) is 58.4 Å². The summed E-state index contributed by atoms with van der Waals surface area (Å²) in [6.45, 7) is 8.07. The number of aryl methyl sites for hydroxylation is 1. The first-order valence-electron chi connectivity index (χ1n) is 9.70. The summed E-state index contributed by atoms with van der Waals surface area (Å²) in [5.74, 6) is 0.367. The fraction of sp³-hybridized carbons (Fsp3) is 0.591. The van der Waals surface area contributed by atoms with Crippen LogP contribution in [0.4, 0.5) is 0 Å². The van der Waals surface area contributed by atoms with Crippen molar-refractivity contribution in [2.45, 2.75) is 65.3 Å². The number of hydrogen-bond donors (Lipinski definition) is 1. The Bertz CT molecular complexity index is 790. The van der Waals surface area contributed by atoms with Crippen LogP contribution < -0.4 is 0 Å². The van der Waals surface area contributed by atoms with Gasteiger partial charge in [-0.15, -0.1) is 0 Å². The van der Waals surface area contributed by atoms with Crippen LogP contribution in [0, 0.1) is 10.8 Å². The number of H-pyrrole nitrogens is 1. The predicted octanol–water partition coefficient (Wildman–Crippen LogP) is 4.92. The average molecular weight is 338 g/mol. The van der Waals surface area contributed by atoms with Crippen molar-refractivity contribution in [1.29, 1.82) is 0 Å². The Morgan fingerprint density at radius 2 is 2.04 bits per heavy atom. The largest absolute Gasteiger partial charge is 0.361 e. The van der Waals surface area contributed by atoms with E-state index in [0.29, 0.717) is 29.2 Å². The van der Waals surface area contributed by atoms with E-state index in [9.17, 15) is 4.79 Å². The topological polar surface area (TPSA) is 36.1 Å². The zero-order chi connectivity index (χ0) is 17.7. The van der Waals surface area contributed by atoms with Crippen LogP contribution >= 0.6 is 0 Å². The average Bonchev–Trinajstić information content (AvgIpc) is 3.05. The van der Waals surface area contributed by atoms with Gasteiger partial charge in [0.25, 0.3) is 0 Å². The second-order valence-corrected chi connectivity index (χ2v) is 9.45. The maximum absolute atomic E-state index is 12.9. The van der Waals surface area contributed by atoms with Gasteiger partial charge in [-0.1, -0.05) is 39.0 Å². The molecule has 4 rings (SSSR count). The minimum atomic E-state index is 0.332. The number of rotatable bonds is 4. The monoisotopic (exact) mass is 338 g/mol. The van der Waals surface area contributed by atoms with E-state index in [4.69, 9.17) is 0 Å². The highest BCUT2D eigenvalue weighted by Gasteiger charge is 2.50. The zero-order valence-electron chi connectivity index (χ0n) is 15.8. The molecule has 2 heterocycles. The molecule has 1 amide bonds. The van der Waals surface area contributed by atoms with Crippen molar-refractivity contribution in [2.75, 3.05) is 6.54 Å². The number of nitrogens with one attached hydrogen (secondary N) is 1. The summed E-state index contributed by atoms with van der Waals surface area (Å²) in [6.07, 6.45) is 8.28. The highest BCUT2D eigenvalue weighted by molar-refractivity contribution is 5.83. The van der Waals surface area contributed by atoms with E-state index >= 15 is 0 Å². The molecular weight excluding hydrogens is 308 g/mol. The van der Waals surface area contributed by atoms with Gasteiger partial charge in [0.05, 0.1) is 0 Å². The maximum Gasteiger partial charge on any atom is 0.222 e. The first-order valence-corrected chi connectivity index (χ1v) is 9.70. The normalized spacial score (nSPS) is 27.8. The van der Waals surface area contributed by atoms with Crippen molar-refractivity contribution >= 4 is 16.8 Å². The molecule has 2 unspecified atom stereocenters. The molecule has 1 aromatic heterocycles. The quantitative estimate of drug-likeness (QED) is 0.844. The highest BCUT2D eigenvalue weighted by Crippen LogP contribution is 2.52. The fourth-order valence-electron chi connectivity index (χ4n) is 5.66. The van der Waals surface area contributed by atoms with Gasteiger partial charge in [0, 0.05) is 36.1 Å². The van der Waals surface area contributed by atoms with Gasteiger partial charge in [0.1, 0.15) is 0 Å². The lowest BCUT2D eigenvalue weighted by molar-refractivity contribution is -0.132. The standard InChI is InChI=1S/C22H30N2O/c1-21(2)11-17-12-22(3,14-21)15-24(17)20(25)10-6-7-16-13-23-19-9-5-4-8-18(16)19/h4-5,8-9,13,17,23H,6-7,10-12,14-15H2,1-3H3. The molecule has 1 aliphatic heterocycles. The molecule has 134 valence electrons. The smallest absolute Gasteiger partial charge is 0.222 e. The number of carbonyl (C=O) groups excluding carboxylic acids is 1. The highest BCUT2D eigenvalue weighted by atomic mass is 16.2. The van der Waals surface area contributed by atoms with Gasteiger partial charge >= 0.3 is 0 Å². The maximum atomic E-state index is 12.9. The summed E-state index contributed by atoms with van der Waals surface area (Å²) in [5, 5.41) is 1.29. The van der Waals surface area contributed by atoms with Crippen molar-refractivity contribution in [3.8, 4) is 0 Å². The van der Waals surface area contributed by atoms with Crippen molar-refractivity contribution in [1.82, 2.24) is 9.88 Å². The van der Waals surface area contributed by atoms with E-state index < -0.39 is 0 Å². The van der Waals surface area contributed by atoms with Gasteiger partial charge in [-0.25, -0.2) is 0 Å². The molecule has 1 N–H and O–H groups in total. The molecule has 2 aliphatic rings. The lowest BCUT2D eigenvalue weighted by atomic mass is 9.65. The molecule has 3 heteroatoms. The second-order valence-electron chi connectivity index (χ2n) is 9.45. The molecule has 2 aromatic rings. The van der Waals surface area contributed by atoms with Crippen molar-refractivity contribution in [3.63, 3.8) is 0 Å². The lowest BCUT2D eigenvalue weighted by Gasteiger charge is -2.39. The Labute approximate surface area is 150 Å². The van der Waals surface area contributed by atoms with Gasteiger partial charge in [-0.3, -0.25) is 4.79 Å². The summed E-state index contributed by atoms with van der Waals surface area (Å²) in [5.41, 5.74) is 3.22. The molecule has 2 atom stereocenters. The summed E-state index contributed by atoms with van der Waals surface area (Å²) in [4.78, 5) is 18.4. The van der Waals surface area contributed by atoms with E-state index in [1.807, 2.05) is 0 Å². The summed E-state index contributed by atoms with van der Waals surface area (Å²) in [6, 6.07) is 8.87. The number of carbonyl (C=O) groups is 1. The first kappa shape index (κ1) is 16.7. The van der Waals surface area contributed by atoms with Gasteiger partial charge in [-0.2, -0.15) is 0 Å². The molecule has 0 spiro atoms. The van der Waals surface area contributed by atoms with Gasteiger partial charge in [0.2, 0.25) is 5.91 Å². The van der Waals surface area contributed by atoms with Crippen LogP contribution in [0.5, 0.6) is 0 Å². The van der Waals surface area contributed by atoms with Crippen LogP contribution in [-0.2, 0) is 11.2 Å². The molecular formula is C22H30N2O. The number of aromatic amines is 1. The lowest BCUT2D eigenvalue weighted by Crippen LogP contribution is -2.37. The minimum Gasteiger partial charge on any atom is -0.361 e. The van der Waals surface area contributed by atoms with E-state index in [-0.39, 0.29) is 0 Å². The molecule has 1 saturated heterocycles. The molecule has 1 aromatic carbocycles. The Morgan fingerprint density at radius 1 is 1.24 bits per heavy atom. The number of aromatic nitrogens is 1. The molecule has 0 radical (unpaired) electrons. The Morgan fingerprint density at radius 3 is 2.88 bits per heavy atom. The van der Waals surface area contributed by atoms with Crippen molar-refractivity contribution in [2.24, 2.45) is 10.8 Å². The molecule has 25 heavy (non-hydrogen) atoms. The first-order chi connectivity index (χ1) is 11.9. The van der Waals surface area contributed by atoms with Crippen molar-refractivity contribution < 1.29 is 4.79 Å². The fourth-order valence-corrected chi connectivity index (χ4v) is 5.66. The van der Waals surface area contributed by atoms with Gasteiger partial charge in [-0.05, 0) is 54.6 Å². The number of amides is 1.